The Bertz CT molecular complexity index is 657. The van der Waals surface area contributed by atoms with Gasteiger partial charge in [0.1, 0.15) is 42.2 Å². The van der Waals surface area contributed by atoms with E-state index in [1.807, 2.05) is 0 Å². The van der Waals surface area contributed by atoms with Gasteiger partial charge in [0.25, 0.3) is 0 Å². The molecular formula is C18H19FO5. The summed E-state index contributed by atoms with van der Waals surface area (Å²) in [4.78, 5) is 11.8. The molecule has 0 saturated carbocycles. The van der Waals surface area contributed by atoms with E-state index in [0.29, 0.717) is 17.1 Å². The van der Waals surface area contributed by atoms with Crippen LogP contribution in [0.3, 0.4) is 0 Å². The first-order valence-electron chi connectivity index (χ1n) is 7.55. The highest BCUT2D eigenvalue weighted by molar-refractivity contribution is 5.92. The van der Waals surface area contributed by atoms with Gasteiger partial charge < -0.3 is 19.3 Å². The Morgan fingerprint density at radius 1 is 1.08 bits per heavy atom. The molecule has 0 aromatic heterocycles. The van der Waals surface area contributed by atoms with Crippen molar-refractivity contribution in [1.82, 2.24) is 0 Å². The molecular weight excluding hydrogens is 315 g/mol. The summed E-state index contributed by atoms with van der Waals surface area (Å²) in [7, 11) is 0. The van der Waals surface area contributed by atoms with Gasteiger partial charge in [-0.05, 0) is 43.3 Å². The number of hydrogen-bond acceptors (Lipinski definition) is 5. The van der Waals surface area contributed by atoms with E-state index in [1.54, 1.807) is 31.2 Å². The second-order valence-electron chi connectivity index (χ2n) is 4.95. The number of carbonyl (C=O) groups is 1. The predicted molar refractivity (Wildman–Crippen MR) is 85.8 cm³/mol. The average molecular weight is 334 g/mol. The second kappa shape index (κ2) is 8.88. The Hall–Kier alpha value is -2.60. The molecule has 0 fully saturated rings. The van der Waals surface area contributed by atoms with Gasteiger partial charge in [-0.3, -0.25) is 0 Å². The van der Waals surface area contributed by atoms with Crippen LogP contribution in [0.1, 0.15) is 17.3 Å². The monoisotopic (exact) mass is 334 g/mol. The number of esters is 1. The molecule has 2 aromatic carbocycles. The number of aliphatic hydroxyl groups excluding tert-OH is 1. The van der Waals surface area contributed by atoms with Crippen LogP contribution in [0.25, 0.3) is 0 Å². The third-order valence-electron chi connectivity index (χ3n) is 3.07. The van der Waals surface area contributed by atoms with Crippen LogP contribution in [0.5, 0.6) is 11.5 Å². The Kier molecular flexibility index (Phi) is 6.57. The molecule has 2 aromatic rings. The van der Waals surface area contributed by atoms with E-state index >= 15 is 0 Å². The zero-order valence-electron chi connectivity index (χ0n) is 13.3. The van der Waals surface area contributed by atoms with Crippen LogP contribution in [0.2, 0.25) is 0 Å². The van der Waals surface area contributed by atoms with Gasteiger partial charge in [0, 0.05) is 0 Å². The van der Waals surface area contributed by atoms with Crippen molar-refractivity contribution in [1.29, 1.82) is 0 Å². The molecule has 1 unspecified atom stereocenters. The van der Waals surface area contributed by atoms with Crippen LogP contribution >= 0.6 is 0 Å². The number of para-hydroxylation sites is 1. The molecule has 0 bridgehead atoms. The van der Waals surface area contributed by atoms with Gasteiger partial charge in [-0.25, -0.2) is 9.18 Å². The normalized spacial score (nSPS) is 11.6. The number of ether oxygens (including phenoxy) is 3. The largest absolute Gasteiger partial charge is 0.491 e. The molecule has 0 radical (unpaired) electrons. The van der Waals surface area contributed by atoms with Crippen molar-refractivity contribution in [3.63, 3.8) is 0 Å². The summed E-state index contributed by atoms with van der Waals surface area (Å²) < 4.78 is 28.6. The molecule has 0 aliphatic carbocycles. The van der Waals surface area contributed by atoms with E-state index in [0.717, 1.165) is 0 Å². The van der Waals surface area contributed by atoms with E-state index in [4.69, 9.17) is 14.2 Å². The molecule has 2 rings (SSSR count). The summed E-state index contributed by atoms with van der Waals surface area (Å²) in [5.41, 5.74) is 0.297. The Balaban J connectivity index is 1.86. The van der Waals surface area contributed by atoms with Gasteiger partial charge in [-0.2, -0.15) is 0 Å². The minimum atomic E-state index is -0.912. The average Bonchev–Trinajstić information content (AvgIpc) is 2.60. The molecule has 6 heteroatoms. The molecule has 1 atom stereocenters. The van der Waals surface area contributed by atoms with Crippen molar-refractivity contribution in [2.24, 2.45) is 0 Å². The number of aliphatic hydroxyl groups is 1. The Morgan fingerprint density at radius 3 is 2.46 bits per heavy atom. The predicted octanol–water partition coefficient (Wildman–Crippen LogP) is 2.82. The highest BCUT2D eigenvalue weighted by Crippen LogP contribution is 2.19. The summed E-state index contributed by atoms with van der Waals surface area (Å²) in [6.45, 7) is 1.91. The summed E-state index contributed by atoms with van der Waals surface area (Å²) in [5.74, 6) is -0.0638. The molecule has 0 aliphatic rings. The number of carbonyl (C=O) groups excluding carboxylic acids is 1. The van der Waals surface area contributed by atoms with Crippen molar-refractivity contribution < 1.29 is 28.5 Å². The van der Waals surface area contributed by atoms with Gasteiger partial charge in [-0.15, -0.1) is 0 Å². The maximum Gasteiger partial charge on any atom is 0.341 e. The summed E-state index contributed by atoms with van der Waals surface area (Å²) in [6.07, 6.45) is -0.912. The van der Waals surface area contributed by atoms with E-state index in [-0.39, 0.29) is 25.6 Å². The number of hydrogen-bond donors (Lipinski definition) is 1. The summed E-state index contributed by atoms with van der Waals surface area (Å²) >= 11 is 0. The molecule has 0 saturated heterocycles. The van der Waals surface area contributed by atoms with Gasteiger partial charge in [-0.1, -0.05) is 12.1 Å². The third-order valence-corrected chi connectivity index (χ3v) is 3.07. The zero-order chi connectivity index (χ0) is 17.4. The number of benzene rings is 2. The van der Waals surface area contributed by atoms with E-state index in [2.05, 4.69) is 0 Å². The van der Waals surface area contributed by atoms with E-state index < -0.39 is 12.1 Å². The molecule has 0 heterocycles. The molecule has 0 aliphatic heterocycles. The lowest BCUT2D eigenvalue weighted by Crippen LogP contribution is -2.25. The van der Waals surface area contributed by atoms with Crippen LogP contribution in [-0.4, -0.2) is 37.0 Å². The van der Waals surface area contributed by atoms with E-state index in [9.17, 15) is 14.3 Å². The second-order valence-corrected chi connectivity index (χ2v) is 4.95. The van der Waals surface area contributed by atoms with Gasteiger partial charge in [0.2, 0.25) is 0 Å². The van der Waals surface area contributed by atoms with Crippen molar-refractivity contribution >= 4 is 5.97 Å². The van der Waals surface area contributed by atoms with Crippen molar-refractivity contribution in [3.05, 3.63) is 59.9 Å². The molecule has 0 spiro atoms. The first-order valence-corrected chi connectivity index (χ1v) is 7.55. The molecule has 128 valence electrons. The lowest BCUT2D eigenvalue weighted by Gasteiger charge is -2.15. The minimum absolute atomic E-state index is 0.0206. The van der Waals surface area contributed by atoms with Gasteiger partial charge in [0.15, 0.2) is 0 Å². The van der Waals surface area contributed by atoms with Crippen molar-refractivity contribution in [3.8, 4) is 11.5 Å². The van der Waals surface area contributed by atoms with Crippen LogP contribution in [0.15, 0.2) is 48.5 Å². The fourth-order valence-corrected chi connectivity index (χ4v) is 1.93. The van der Waals surface area contributed by atoms with Crippen LogP contribution in [0.4, 0.5) is 4.39 Å². The number of halogens is 1. The molecule has 24 heavy (non-hydrogen) atoms. The quantitative estimate of drug-likeness (QED) is 0.752. The lowest BCUT2D eigenvalue weighted by atomic mass is 10.2. The minimum Gasteiger partial charge on any atom is -0.491 e. The van der Waals surface area contributed by atoms with Crippen molar-refractivity contribution in [2.75, 3.05) is 19.8 Å². The lowest BCUT2D eigenvalue weighted by molar-refractivity contribution is 0.0497. The summed E-state index contributed by atoms with van der Waals surface area (Å²) in [5, 5.41) is 9.92. The first-order chi connectivity index (χ1) is 11.6. The molecule has 5 nitrogen and oxygen atoms in total. The fraction of sp³-hybridized carbons (Fsp3) is 0.278. The Labute approximate surface area is 139 Å². The van der Waals surface area contributed by atoms with Gasteiger partial charge >= 0.3 is 5.97 Å². The van der Waals surface area contributed by atoms with Crippen molar-refractivity contribution in [2.45, 2.75) is 13.0 Å². The molecule has 0 amide bonds. The smallest absolute Gasteiger partial charge is 0.341 e. The summed E-state index contributed by atoms with van der Waals surface area (Å²) in [6, 6.07) is 12.1. The topological polar surface area (TPSA) is 65.0 Å². The van der Waals surface area contributed by atoms with Crippen LogP contribution in [-0.2, 0) is 4.74 Å². The van der Waals surface area contributed by atoms with Gasteiger partial charge in [0.05, 0.1) is 6.61 Å². The highest BCUT2D eigenvalue weighted by atomic mass is 19.1. The maximum absolute atomic E-state index is 12.8. The Morgan fingerprint density at radius 2 is 1.75 bits per heavy atom. The fourth-order valence-electron chi connectivity index (χ4n) is 1.93. The highest BCUT2D eigenvalue weighted by Gasteiger charge is 2.14. The van der Waals surface area contributed by atoms with Crippen LogP contribution in [0, 0.1) is 5.82 Å². The number of rotatable bonds is 8. The molecule has 1 N–H and O–H groups in total. The van der Waals surface area contributed by atoms with Crippen LogP contribution < -0.4 is 9.47 Å². The maximum atomic E-state index is 12.8. The van der Waals surface area contributed by atoms with E-state index in [1.165, 1.54) is 24.3 Å². The zero-order valence-corrected chi connectivity index (χ0v) is 13.3. The third kappa shape index (κ3) is 5.24. The first kappa shape index (κ1) is 17.7. The standard InChI is InChI=1S/C18H19FO5/c1-2-22-18(21)16-5-3-4-6-17(16)24-12-14(20)11-23-15-9-7-13(19)8-10-15/h3-10,14,20H,2,11-12H2,1H3. The SMILES string of the molecule is CCOC(=O)c1ccccc1OCC(O)COc1ccc(F)cc1.